The number of nitrogens with zero attached hydrogens (tertiary/aromatic N) is 3. The predicted octanol–water partition coefficient (Wildman–Crippen LogP) is 1.83. The number of carbonyl (C=O) groups is 3. The van der Waals surface area contributed by atoms with E-state index >= 15 is 0 Å². The Kier molecular flexibility index (Phi) is 5.42. The van der Waals surface area contributed by atoms with Gasteiger partial charge in [0.05, 0.1) is 23.7 Å². The van der Waals surface area contributed by atoms with Crippen molar-refractivity contribution in [2.45, 2.75) is 19.0 Å². The van der Waals surface area contributed by atoms with E-state index in [1.165, 1.54) is 34.7 Å². The maximum Gasteiger partial charge on any atom is 0.335 e. The Balaban J connectivity index is 1.38. The van der Waals surface area contributed by atoms with Crippen LogP contribution in [0.15, 0.2) is 54.6 Å². The Hall–Kier alpha value is -3.03. The van der Waals surface area contributed by atoms with Gasteiger partial charge in [0.25, 0.3) is 5.91 Å². The van der Waals surface area contributed by atoms with Gasteiger partial charge in [-0.2, -0.15) is 0 Å². The molecule has 4 rings (SSSR count). The molecular weight excluding hydrogens is 370 g/mol. The van der Waals surface area contributed by atoms with Crippen LogP contribution in [-0.2, 0) is 16.1 Å². The van der Waals surface area contributed by atoms with Gasteiger partial charge in [0.15, 0.2) is 0 Å². The van der Waals surface area contributed by atoms with Crippen molar-refractivity contribution in [2.24, 2.45) is 0 Å². The Bertz CT molecular complexity index is 905. The second-order valence-electron chi connectivity index (χ2n) is 7.44. The van der Waals surface area contributed by atoms with Crippen LogP contribution >= 0.6 is 0 Å². The third-order valence-corrected chi connectivity index (χ3v) is 5.59. The normalized spacial score (nSPS) is 21.0. The molecule has 1 atom stereocenters. The van der Waals surface area contributed by atoms with E-state index in [2.05, 4.69) is 21.9 Å². The zero-order valence-corrected chi connectivity index (χ0v) is 16.0. The number of carboxylic acid groups (broad SMARTS) is 1. The first-order valence-corrected chi connectivity index (χ1v) is 9.73. The molecule has 0 bridgehead atoms. The lowest BCUT2D eigenvalue weighted by Crippen LogP contribution is -2.52. The molecule has 2 saturated heterocycles. The van der Waals surface area contributed by atoms with Crippen LogP contribution in [0, 0.1) is 0 Å². The molecule has 7 heteroatoms. The smallest absolute Gasteiger partial charge is 0.335 e. The average molecular weight is 393 g/mol. The molecule has 2 fully saturated rings. The summed E-state index contributed by atoms with van der Waals surface area (Å²) >= 11 is 0. The fourth-order valence-electron chi connectivity index (χ4n) is 4.00. The summed E-state index contributed by atoms with van der Waals surface area (Å²) < 4.78 is 0. The molecule has 2 aliphatic rings. The summed E-state index contributed by atoms with van der Waals surface area (Å²) in [6.07, 6.45) is 0.165. The van der Waals surface area contributed by atoms with Gasteiger partial charge in [-0.25, -0.2) is 9.69 Å². The average Bonchev–Trinajstić information content (AvgIpc) is 3.03. The Morgan fingerprint density at radius 3 is 2.21 bits per heavy atom. The molecule has 7 nitrogen and oxygen atoms in total. The van der Waals surface area contributed by atoms with Crippen molar-refractivity contribution < 1.29 is 19.5 Å². The molecule has 0 aromatic heterocycles. The minimum atomic E-state index is -1.04. The molecule has 0 spiro atoms. The molecular formula is C22H23N3O4. The first kappa shape index (κ1) is 19.3. The maximum absolute atomic E-state index is 12.9. The zero-order valence-electron chi connectivity index (χ0n) is 16.0. The summed E-state index contributed by atoms with van der Waals surface area (Å²) in [5.41, 5.74) is 1.82. The van der Waals surface area contributed by atoms with Crippen LogP contribution < -0.4 is 4.90 Å². The number of aromatic carboxylic acids is 1. The quantitative estimate of drug-likeness (QED) is 0.781. The molecule has 2 amide bonds. The molecule has 2 aliphatic heterocycles. The van der Waals surface area contributed by atoms with Crippen LogP contribution in [0.1, 0.15) is 22.3 Å². The minimum absolute atomic E-state index is 0.124. The Labute approximate surface area is 169 Å². The van der Waals surface area contributed by atoms with E-state index in [0.29, 0.717) is 5.69 Å². The molecule has 0 aliphatic carbocycles. The summed E-state index contributed by atoms with van der Waals surface area (Å²) in [5, 5.41) is 9.01. The molecule has 0 saturated carbocycles. The first-order chi connectivity index (χ1) is 14.0. The second-order valence-corrected chi connectivity index (χ2v) is 7.44. The van der Waals surface area contributed by atoms with Crippen molar-refractivity contribution in [3.05, 3.63) is 65.7 Å². The molecule has 1 N–H and O–H groups in total. The topological polar surface area (TPSA) is 81.2 Å². The van der Waals surface area contributed by atoms with E-state index in [4.69, 9.17) is 5.11 Å². The van der Waals surface area contributed by atoms with Gasteiger partial charge in [-0.3, -0.25) is 19.4 Å². The zero-order chi connectivity index (χ0) is 20.4. The SMILES string of the molecule is O=C(O)c1ccc(N2C(=O)C[C@@H](N3CCN(Cc4ccccc4)CC3)C2=O)cc1. The fourth-order valence-corrected chi connectivity index (χ4v) is 4.00. The van der Waals surface area contributed by atoms with E-state index in [1.807, 2.05) is 18.2 Å². The second kappa shape index (κ2) is 8.14. The summed E-state index contributed by atoms with van der Waals surface area (Å²) in [6.45, 7) is 4.05. The van der Waals surface area contributed by atoms with E-state index in [9.17, 15) is 14.4 Å². The lowest BCUT2D eigenvalue weighted by Gasteiger charge is -2.37. The highest BCUT2D eigenvalue weighted by atomic mass is 16.4. The third kappa shape index (κ3) is 4.06. The van der Waals surface area contributed by atoms with Crippen molar-refractivity contribution in [3.8, 4) is 0 Å². The van der Waals surface area contributed by atoms with Crippen molar-refractivity contribution in [1.82, 2.24) is 9.80 Å². The molecule has 0 radical (unpaired) electrons. The van der Waals surface area contributed by atoms with Gasteiger partial charge in [0, 0.05) is 32.7 Å². The van der Waals surface area contributed by atoms with Crippen LogP contribution in [-0.4, -0.2) is 64.9 Å². The highest BCUT2D eigenvalue weighted by molar-refractivity contribution is 6.22. The number of piperazine rings is 1. The van der Waals surface area contributed by atoms with Crippen LogP contribution in [0.25, 0.3) is 0 Å². The summed E-state index contributed by atoms with van der Waals surface area (Å²) in [5.74, 6) is -1.51. The van der Waals surface area contributed by atoms with Crippen molar-refractivity contribution in [1.29, 1.82) is 0 Å². The number of hydrogen-bond acceptors (Lipinski definition) is 5. The molecule has 2 aromatic rings. The Morgan fingerprint density at radius 2 is 1.59 bits per heavy atom. The molecule has 2 heterocycles. The van der Waals surface area contributed by atoms with Crippen molar-refractivity contribution >= 4 is 23.5 Å². The number of benzene rings is 2. The van der Waals surface area contributed by atoms with Gasteiger partial charge in [0.1, 0.15) is 0 Å². The van der Waals surface area contributed by atoms with Gasteiger partial charge in [-0.15, -0.1) is 0 Å². The largest absolute Gasteiger partial charge is 0.478 e. The Morgan fingerprint density at radius 1 is 0.931 bits per heavy atom. The number of imide groups is 1. The predicted molar refractivity (Wildman–Crippen MR) is 108 cm³/mol. The van der Waals surface area contributed by atoms with Crippen molar-refractivity contribution in [3.63, 3.8) is 0 Å². The molecule has 150 valence electrons. The fraction of sp³-hybridized carbons (Fsp3) is 0.318. The van der Waals surface area contributed by atoms with Crippen LogP contribution in [0.5, 0.6) is 0 Å². The summed E-state index contributed by atoms with van der Waals surface area (Å²) in [6, 6.07) is 15.7. The number of carbonyl (C=O) groups excluding carboxylic acids is 2. The van der Waals surface area contributed by atoms with Gasteiger partial charge in [-0.1, -0.05) is 30.3 Å². The van der Waals surface area contributed by atoms with E-state index in [-0.39, 0.29) is 23.8 Å². The molecule has 2 aromatic carbocycles. The standard InChI is InChI=1S/C22H23N3O4/c26-20-14-19(21(27)25(20)18-8-6-17(7-9-18)22(28)29)24-12-10-23(11-13-24)15-16-4-2-1-3-5-16/h1-9,19H,10-15H2,(H,28,29)/t19-/m1/s1. The van der Waals surface area contributed by atoms with Gasteiger partial charge < -0.3 is 5.11 Å². The first-order valence-electron chi connectivity index (χ1n) is 9.73. The van der Waals surface area contributed by atoms with E-state index < -0.39 is 12.0 Å². The number of carboxylic acids is 1. The lowest BCUT2D eigenvalue weighted by molar-refractivity contribution is -0.123. The van der Waals surface area contributed by atoms with Crippen LogP contribution in [0.3, 0.4) is 0 Å². The van der Waals surface area contributed by atoms with E-state index in [0.717, 1.165) is 32.7 Å². The molecule has 0 unspecified atom stereocenters. The van der Waals surface area contributed by atoms with Crippen LogP contribution in [0.4, 0.5) is 5.69 Å². The monoisotopic (exact) mass is 393 g/mol. The van der Waals surface area contributed by atoms with Crippen molar-refractivity contribution in [2.75, 3.05) is 31.1 Å². The number of rotatable bonds is 5. The van der Waals surface area contributed by atoms with Gasteiger partial charge in [-0.05, 0) is 29.8 Å². The third-order valence-electron chi connectivity index (χ3n) is 5.59. The highest BCUT2D eigenvalue weighted by Crippen LogP contribution is 2.27. The number of hydrogen-bond donors (Lipinski definition) is 1. The highest BCUT2D eigenvalue weighted by Gasteiger charge is 2.43. The number of anilines is 1. The minimum Gasteiger partial charge on any atom is -0.478 e. The van der Waals surface area contributed by atoms with Gasteiger partial charge in [0.2, 0.25) is 5.91 Å². The molecule has 29 heavy (non-hydrogen) atoms. The van der Waals surface area contributed by atoms with Gasteiger partial charge >= 0.3 is 5.97 Å². The lowest BCUT2D eigenvalue weighted by atomic mass is 10.1. The number of amides is 2. The summed E-state index contributed by atoms with van der Waals surface area (Å²) in [4.78, 5) is 42.1. The van der Waals surface area contributed by atoms with Crippen LogP contribution in [0.2, 0.25) is 0 Å². The maximum atomic E-state index is 12.9. The van der Waals surface area contributed by atoms with E-state index in [1.54, 1.807) is 0 Å². The summed E-state index contributed by atoms with van der Waals surface area (Å²) in [7, 11) is 0.